The lowest BCUT2D eigenvalue weighted by molar-refractivity contribution is 0.304. The van der Waals surface area contributed by atoms with E-state index in [4.69, 9.17) is 22.1 Å². The first kappa shape index (κ1) is 13.2. The first-order valence-corrected chi connectivity index (χ1v) is 6.67. The molecule has 2 rings (SSSR count). The van der Waals surface area contributed by atoms with Crippen LogP contribution >= 0.6 is 27.5 Å². The lowest BCUT2D eigenvalue weighted by Gasteiger charge is -2.11. The van der Waals surface area contributed by atoms with Gasteiger partial charge in [-0.05, 0) is 31.2 Å². The molecule has 0 radical (unpaired) electrons. The summed E-state index contributed by atoms with van der Waals surface area (Å²) in [5, 5.41) is 0.686. The van der Waals surface area contributed by atoms with Crippen molar-refractivity contribution in [2.75, 3.05) is 5.73 Å². The molecule has 0 aliphatic heterocycles. The van der Waals surface area contributed by atoms with Gasteiger partial charge in [0.1, 0.15) is 12.4 Å². The molecule has 0 atom stereocenters. The van der Waals surface area contributed by atoms with Crippen molar-refractivity contribution < 1.29 is 4.74 Å². The smallest absolute Gasteiger partial charge is 0.124 e. The summed E-state index contributed by atoms with van der Waals surface area (Å²) in [6.45, 7) is 2.37. The molecule has 0 spiro atoms. The summed E-state index contributed by atoms with van der Waals surface area (Å²) in [7, 11) is 0. The molecule has 0 saturated heterocycles. The van der Waals surface area contributed by atoms with Gasteiger partial charge in [0.15, 0.2) is 0 Å². The zero-order valence-electron chi connectivity index (χ0n) is 9.91. The van der Waals surface area contributed by atoms with Gasteiger partial charge >= 0.3 is 0 Å². The van der Waals surface area contributed by atoms with Crippen molar-refractivity contribution in [3.05, 3.63) is 57.0 Å². The standard InChI is InChI=1S/C14H13BrClNO/c1-9-13(17)3-2-4-14(9)18-8-10-5-6-11(15)7-12(10)16/h2-7H,8,17H2,1H3. The molecule has 0 aliphatic rings. The van der Waals surface area contributed by atoms with Crippen molar-refractivity contribution in [2.45, 2.75) is 13.5 Å². The maximum Gasteiger partial charge on any atom is 0.124 e. The fraction of sp³-hybridized carbons (Fsp3) is 0.143. The van der Waals surface area contributed by atoms with Crippen LogP contribution in [0.15, 0.2) is 40.9 Å². The van der Waals surface area contributed by atoms with E-state index < -0.39 is 0 Å². The maximum absolute atomic E-state index is 6.13. The predicted molar refractivity (Wildman–Crippen MR) is 79.1 cm³/mol. The van der Waals surface area contributed by atoms with Crippen molar-refractivity contribution in [3.63, 3.8) is 0 Å². The third-order valence-electron chi connectivity index (χ3n) is 2.72. The Labute approximate surface area is 120 Å². The Morgan fingerprint density at radius 2 is 2.06 bits per heavy atom. The quantitative estimate of drug-likeness (QED) is 0.838. The summed E-state index contributed by atoms with van der Waals surface area (Å²) in [6, 6.07) is 11.4. The zero-order valence-corrected chi connectivity index (χ0v) is 12.3. The van der Waals surface area contributed by atoms with E-state index >= 15 is 0 Å². The number of ether oxygens (including phenoxy) is 1. The summed E-state index contributed by atoms with van der Waals surface area (Å²) in [4.78, 5) is 0. The molecule has 2 aromatic rings. The summed E-state index contributed by atoms with van der Waals surface area (Å²) < 4.78 is 6.70. The molecule has 94 valence electrons. The normalized spacial score (nSPS) is 10.4. The molecular weight excluding hydrogens is 314 g/mol. The molecule has 0 bridgehead atoms. The van der Waals surface area contributed by atoms with Gasteiger partial charge in [-0.3, -0.25) is 0 Å². The minimum atomic E-state index is 0.427. The van der Waals surface area contributed by atoms with Crippen molar-refractivity contribution in [1.29, 1.82) is 0 Å². The highest BCUT2D eigenvalue weighted by Crippen LogP contribution is 2.26. The van der Waals surface area contributed by atoms with Crippen molar-refractivity contribution in [1.82, 2.24) is 0 Å². The lowest BCUT2D eigenvalue weighted by atomic mass is 10.2. The van der Waals surface area contributed by atoms with Crippen LogP contribution in [0.3, 0.4) is 0 Å². The number of hydrogen-bond donors (Lipinski definition) is 1. The molecule has 2 N–H and O–H groups in total. The van der Waals surface area contributed by atoms with Crippen molar-refractivity contribution >= 4 is 33.2 Å². The van der Waals surface area contributed by atoms with Crippen LogP contribution in [0.2, 0.25) is 5.02 Å². The van der Waals surface area contributed by atoms with Crippen molar-refractivity contribution in [2.24, 2.45) is 0 Å². The van der Waals surface area contributed by atoms with Gasteiger partial charge in [0.05, 0.1) is 0 Å². The summed E-state index contributed by atoms with van der Waals surface area (Å²) in [5.74, 6) is 0.786. The van der Waals surface area contributed by atoms with Gasteiger partial charge in [0, 0.05) is 26.3 Å². The predicted octanol–water partition coefficient (Wildman–Crippen LogP) is 4.57. The van der Waals surface area contributed by atoms with Gasteiger partial charge in [-0.2, -0.15) is 0 Å². The summed E-state index contributed by atoms with van der Waals surface area (Å²) >= 11 is 9.50. The Bertz CT molecular complexity index is 572. The second kappa shape index (κ2) is 5.63. The first-order valence-electron chi connectivity index (χ1n) is 5.50. The molecule has 0 fully saturated rings. The van der Waals surface area contributed by atoms with Crippen LogP contribution in [0.4, 0.5) is 5.69 Å². The maximum atomic E-state index is 6.13. The van der Waals surface area contributed by atoms with Gasteiger partial charge < -0.3 is 10.5 Å². The van der Waals surface area contributed by atoms with E-state index in [1.807, 2.05) is 43.3 Å². The van der Waals surface area contributed by atoms with E-state index in [2.05, 4.69) is 15.9 Å². The average molecular weight is 327 g/mol. The first-order chi connectivity index (χ1) is 8.58. The molecule has 18 heavy (non-hydrogen) atoms. The third kappa shape index (κ3) is 2.98. The van der Waals surface area contributed by atoms with Gasteiger partial charge in [-0.15, -0.1) is 0 Å². The Balaban J connectivity index is 2.14. The second-order valence-electron chi connectivity index (χ2n) is 3.99. The van der Waals surface area contributed by atoms with Crippen LogP contribution in [0.5, 0.6) is 5.75 Å². The number of anilines is 1. The van der Waals surface area contributed by atoms with Crippen LogP contribution < -0.4 is 10.5 Å². The van der Waals surface area contributed by atoms with Crippen LogP contribution in [0, 0.1) is 6.92 Å². The van der Waals surface area contributed by atoms with Crippen LogP contribution in [-0.4, -0.2) is 0 Å². The Morgan fingerprint density at radius 3 is 2.78 bits per heavy atom. The third-order valence-corrected chi connectivity index (χ3v) is 3.57. The minimum Gasteiger partial charge on any atom is -0.489 e. The molecule has 0 saturated carbocycles. The van der Waals surface area contributed by atoms with Gasteiger partial charge in [-0.25, -0.2) is 0 Å². The topological polar surface area (TPSA) is 35.2 Å². The van der Waals surface area contributed by atoms with E-state index in [9.17, 15) is 0 Å². The molecule has 0 amide bonds. The van der Waals surface area contributed by atoms with E-state index in [1.165, 1.54) is 0 Å². The molecule has 4 heteroatoms. The Hall–Kier alpha value is -1.19. The molecule has 2 aromatic carbocycles. The van der Waals surface area contributed by atoms with E-state index in [-0.39, 0.29) is 0 Å². The fourth-order valence-corrected chi connectivity index (χ4v) is 2.31. The van der Waals surface area contributed by atoms with E-state index in [0.29, 0.717) is 11.6 Å². The molecule has 0 aromatic heterocycles. The molecule has 2 nitrogen and oxygen atoms in total. The second-order valence-corrected chi connectivity index (χ2v) is 5.32. The van der Waals surface area contributed by atoms with E-state index in [1.54, 1.807) is 0 Å². The van der Waals surface area contributed by atoms with Gasteiger partial charge in [0.25, 0.3) is 0 Å². The van der Waals surface area contributed by atoms with Crippen LogP contribution in [0.25, 0.3) is 0 Å². The molecule has 0 heterocycles. The number of nitrogens with two attached hydrogens (primary N) is 1. The summed E-state index contributed by atoms with van der Waals surface area (Å²) in [5.41, 5.74) is 8.45. The monoisotopic (exact) mass is 325 g/mol. The molecule has 0 unspecified atom stereocenters. The average Bonchev–Trinajstić information content (AvgIpc) is 2.33. The van der Waals surface area contributed by atoms with E-state index in [0.717, 1.165) is 27.0 Å². The lowest BCUT2D eigenvalue weighted by Crippen LogP contribution is -1.99. The highest BCUT2D eigenvalue weighted by Gasteiger charge is 2.05. The van der Waals surface area contributed by atoms with Gasteiger partial charge in [-0.1, -0.05) is 39.7 Å². The van der Waals surface area contributed by atoms with Gasteiger partial charge in [0.2, 0.25) is 0 Å². The number of benzene rings is 2. The van der Waals surface area contributed by atoms with Crippen molar-refractivity contribution in [3.8, 4) is 5.75 Å². The molecular formula is C14H13BrClNO. The fourth-order valence-electron chi connectivity index (χ4n) is 1.58. The summed E-state index contributed by atoms with van der Waals surface area (Å²) in [6.07, 6.45) is 0. The number of rotatable bonds is 3. The SMILES string of the molecule is Cc1c(N)cccc1OCc1ccc(Br)cc1Cl. The van der Waals surface area contributed by atoms with Crippen LogP contribution in [-0.2, 0) is 6.61 Å². The zero-order chi connectivity index (χ0) is 13.1. The number of nitrogen functional groups attached to an aromatic ring is 1. The Morgan fingerprint density at radius 1 is 1.28 bits per heavy atom. The Kier molecular flexibility index (Phi) is 4.15. The number of halogens is 2. The highest BCUT2D eigenvalue weighted by molar-refractivity contribution is 9.10. The minimum absolute atomic E-state index is 0.427. The largest absolute Gasteiger partial charge is 0.489 e. The molecule has 0 aliphatic carbocycles. The van der Waals surface area contributed by atoms with Crippen LogP contribution in [0.1, 0.15) is 11.1 Å². The highest BCUT2D eigenvalue weighted by atomic mass is 79.9. The number of hydrogen-bond acceptors (Lipinski definition) is 2.